The molecule has 1 amide bonds. The van der Waals surface area contributed by atoms with Crippen LogP contribution >= 0.6 is 0 Å². The third-order valence-electron chi connectivity index (χ3n) is 3.37. The molecule has 3 heteroatoms. The van der Waals surface area contributed by atoms with Crippen molar-refractivity contribution in [2.75, 3.05) is 10.6 Å². The fraction of sp³-hybridized carbons (Fsp3) is 0.588. The van der Waals surface area contributed by atoms with Crippen LogP contribution in [0.3, 0.4) is 0 Å². The molecule has 0 bridgehead atoms. The first-order valence-electron chi connectivity index (χ1n) is 7.82. The highest BCUT2D eigenvalue weighted by Crippen LogP contribution is 2.17. The molecule has 1 rings (SSSR count). The monoisotopic (exact) mass is 276 g/mol. The summed E-state index contributed by atoms with van der Waals surface area (Å²) in [4.78, 5) is 11.4. The van der Waals surface area contributed by atoms with Crippen molar-refractivity contribution in [2.24, 2.45) is 0 Å². The molecule has 20 heavy (non-hydrogen) atoms. The highest BCUT2D eigenvalue weighted by atomic mass is 16.1. The number of nitrogens with one attached hydrogen (secondary N) is 2. The Kier molecular flexibility index (Phi) is 7.78. The third-order valence-corrected chi connectivity index (χ3v) is 3.37. The molecule has 0 fully saturated rings. The van der Waals surface area contributed by atoms with Crippen LogP contribution in [0.25, 0.3) is 0 Å². The SMILES string of the molecule is CCCCCCC(C)Nc1cccc(NC(=O)CC)c1. The van der Waals surface area contributed by atoms with Crippen molar-refractivity contribution < 1.29 is 4.79 Å². The number of carbonyl (C=O) groups is 1. The molecule has 0 heterocycles. The Morgan fingerprint density at radius 1 is 1.15 bits per heavy atom. The summed E-state index contributed by atoms with van der Waals surface area (Å²) in [7, 11) is 0. The maximum atomic E-state index is 11.4. The lowest BCUT2D eigenvalue weighted by atomic mass is 10.1. The summed E-state index contributed by atoms with van der Waals surface area (Å²) in [6.07, 6.45) is 6.88. The van der Waals surface area contributed by atoms with E-state index < -0.39 is 0 Å². The van der Waals surface area contributed by atoms with E-state index in [0.717, 1.165) is 11.4 Å². The van der Waals surface area contributed by atoms with E-state index in [1.54, 1.807) is 0 Å². The predicted octanol–water partition coefficient (Wildman–Crippen LogP) is 4.81. The summed E-state index contributed by atoms with van der Waals surface area (Å²) in [6.45, 7) is 6.30. The first-order chi connectivity index (χ1) is 9.65. The quantitative estimate of drug-likeness (QED) is 0.636. The van der Waals surface area contributed by atoms with Crippen molar-refractivity contribution in [1.29, 1.82) is 0 Å². The number of rotatable bonds is 9. The molecule has 0 aromatic heterocycles. The van der Waals surface area contributed by atoms with Crippen molar-refractivity contribution in [3.8, 4) is 0 Å². The second-order valence-electron chi connectivity index (χ2n) is 5.38. The summed E-state index contributed by atoms with van der Waals surface area (Å²) >= 11 is 0. The lowest BCUT2D eigenvalue weighted by Gasteiger charge is -2.16. The number of benzene rings is 1. The normalized spacial score (nSPS) is 11.9. The van der Waals surface area contributed by atoms with Gasteiger partial charge in [0.05, 0.1) is 0 Å². The van der Waals surface area contributed by atoms with Crippen LogP contribution < -0.4 is 10.6 Å². The van der Waals surface area contributed by atoms with Gasteiger partial charge in [-0.15, -0.1) is 0 Å². The Morgan fingerprint density at radius 2 is 1.90 bits per heavy atom. The first kappa shape index (κ1) is 16.5. The molecule has 0 saturated heterocycles. The molecule has 2 N–H and O–H groups in total. The van der Waals surface area contributed by atoms with Crippen LogP contribution in [-0.4, -0.2) is 11.9 Å². The predicted molar refractivity (Wildman–Crippen MR) is 87.2 cm³/mol. The maximum Gasteiger partial charge on any atom is 0.224 e. The van der Waals surface area contributed by atoms with Gasteiger partial charge in [-0.2, -0.15) is 0 Å². The van der Waals surface area contributed by atoms with E-state index in [9.17, 15) is 4.79 Å². The van der Waals surface area contributed by atoms with Gasteiger partial charge in [-0.3, -0.25) is 4.79 Å². The van der Waals surface area contributed by atoms with Crippen LogP contribution in [0.1, 0.15) is 59.3 Å². The average Bonchev–Trinajstić information content (AvgIpc) is 2.44. The van der Waals surface area contributed by atoms with Crippen molar-refractivity contribution in [3.63, 3.8) is 0 Å². The summed E-state index contributed by atoms with van der Waals surface area (Å²) in [5, 5.41) is 6.39. The molecule has 0 radical (unpaired) electrons. The van der Waals surface area contributed by atoms with Gasteiger partial charge in [0, 0.05) is 23.8 Å². The number of unbranched alkanes of at least 4 members (excludes halogenated alkanes) is 3. The molecule has 1 aromatic rings. The fourth-order valence-corrected chi connectivity index (χ4v) is 2.17. The zero-order chi connectivity index (χ0) is 14.8. The molecule has 112 valence electrons. The smallest absolute Gasteiger partial charge is 0.224 e. The van der Waals surface area contributed by atoms with E-state index in [4.69, 9.17) is 0 Å². The second kappa shape index (κ2) is 9.40. The van der Waals surface area contributed by atoms with Gasteiger partial charge in [-0.05, 0) is 31.5 Å². The maximum absolute atomic E-state index is 11.4. The molecule has 0 aliphatic carbocycles. The van der Waals surface area contributed by atoms with Gasteiger partial charge >= 0.3 is 0 Å². The highest BCUT2D eigenvalue weighted by molar-refractivity contribution is 5.90. The Bertz CT molecular complexity index is 404. The number of amides is 1. The Hall–Kier alpha value is -1.51. The standard InChI is InChI=1S/C17H28N2O/c1-4-6-7-8-10-14(3)18-15-11-9-12-16(13-15)19-17(20)5-2/h9,11-14,18H,4-8,10H2,1-3H3,(H,19,20). The summed E-state index contributed by atoms with van der Waals surface area (Å²) in [6, 6.07) is 8.39. The molecule has 0 saturated carbocycles. The lowest BCUT2D eigenvalue weighted by molar-refractivity contribution is -0.115. The van der Waals surface area contributed by atoms with Gasteiger partial charge in [0.15, 0.2) is 0 Å². The molecule has 1 atom stereocenters. The second-order valence-corrected chi connectivity index (χ2v) is 5.38. The number of hydrogen-bond acceptors (Lipinski definition) is 2. The van der Waals surface area contributed by atoms with Gasteiger partial charge in [0.1, 0.15) is 0 Å². The molecule has 3 nitrogen and oxygen atoms in total. The van der Waals surface area contributed by atoms with E-state index >= 15 is 0 Å². The summed E-state index contributed by atoms with van der Waals surface area (Å²) < 4.78 is 0. The topological polar surface area (TPSA) is 41.1 Å². The number of carbonyl (C=O) groups excluding carboxylic acids is 1. The molecule has 1 unspecified atom stereocenters. The van der Waals surface area contributed by atoms with E-state index in [1.807, 2.05) is 31.2 Å². The molecule has 0 aliphatic rings. The van der Waals surface area contributed by atoms with E-state index in [1.165, 1.54) is 32.1 Å². The van der Waals surface area contributed by atoms with Crippen LogP contribution in [0.4, 0.5) is 11.4 Å². The van der Waals surface area contributed by atoms with Gasteiger partial charge in [-0.1, -0.05) is 45.6 Å². The third kappa shape index (κ3) is 6.60. The van der Waals surface area contributed by atoms with Crippen molar-refractivity contribution in [3.05, 3.63) is 24.3 Å². The number of hydrogen-bond donors (Lipinski definition) is 2. The lowest BCUT2D eigenvalue weighted by Crippen LogP contribution is -2.15. The van der Waals surface area contributed by atoms with Crippen LogP contribution in [0.2, 0.25) is 0 Å². The zero-order valence-corrected chi connectivity index (χ0v) is 13.0. The minimum absolute atomic E-state index is 0.0507. The zero-order valence-electron chi connectivity index (χ0n) is 13.0. The van der Waals surface area contributed by atoms with Gasteiger partial charge in [-0.25, -0.2) is 0 Å². The van der Waals surface area contributed by atoms with Gasteiger partial charge in [0.2, 0.25) is 5.91 Å². The Balaban J connectivity index is 2.42. The van der Waals surface area contributed by atoms with Crippen molar-refractivity contribution >= 4 is 17.3 Å². The number of anilines is 2. The minimum Gasteiger partial charge on any atom is -0.383 e. The van der Waals surface area contributed by atoms with Gasteiger partial charge < -0.3 is 10.6 Å². The van der Waals surface area contributed by atoms with Crippen molar-refractivity contribution in [1.82, 2.24) is 0 Å². The molecular weight excluding hydrogens is 248 g/mol. The molecule has 0 spiro atoms. The van der Waals surface area contributed by atoms with Crippen LogP contribution in [0.15, 0.2) is 24.3 Å². The van der Waals surface area contributed by atoms with Crippen molar-refractivity contribution in [2.45, 2.75) is 65.3 Å². The Morgan fingerprint density at radius 3 is 2.60 bits per heavy atom. The average molecular weight is 276 g/mol. The van der Waals surface area contributed by atoms with E-state index in [2.05, 4.69) is 24.5 Å². The minimum atomic E-state index is 0.0507. The summed E-state index contributed by atoms with van der Waals surface area (Å²) in [5.74, 6) is 0.0507. The first-order valence-corrected chi connectivity index (χ1v) is 7.82. The van der Waals surface area contributed by atoms with E-state index in [0.29, 0.717) is 12.5 Å². The fourth-order valence-electron chi connectivity index (χ4n) is 2.17. The van der Waals surface area contributed by atoms with E-state index in [-0.39, 0.29) is 5.91 Å². The molecule has 1 aromatic carbocycles. The van der Waals surface area contributed by atoms with Crippen LogP contribution in [0.5, 0.6) is 0 Å². The van der Waals surface area contributed by atoms with Gasteiger partial charge in [0.25, 0.3) is 0 Å². The van der Waals surface area contributed by atoms with Crippen LogP contribution in [-0.2, 0) is 4.79 Å². The Labute approximate surface area is 123 Å². The molecule has 0 aliphatic heterocycles. The summed E-state index contributed by atoms with van der Waals surface area (Å²) in [5.41, 5.74) is 1.93. The van der Waals surface area contributed by atoms with Crippen LogP contribution in [0, 0.1) is 0 Å². The molecular formula is C17H28N2O. The largest absolute Gasteiger partial charge is 0.383 e. The highest BCUT2D eigenvalue weighted by Gasteiger charge is 2.04.